The van der Waals surface area contributed by atoms with E-state index in [4.69, 9.17) is 23.7 Å². The topological polar surface area (TPSA) is 175 Å². The molecule has 1 fully saturated rings. The monoisotopic (exact) mass is 1180 g/mol. The highest BCUT2D eigenvalue weighted by Crippen LogP contribution is 2.26. The summed E-state index contributed by atoms with van der Waals surface area (Å²) in [6, 6.07) is 0. The number of hydrogen-bond acceptors (Lipinski definition) is 11. The second-order valence-electron chi connectivity index (χ2n) is 22.0. The van der Waals surface area contributed by atoms with Crippen LogP contribution in [0.1, 0.15) is 252 Å². The van der Waals surface area contributed by atoms with E-state index in [0.717, 1.165) is 116 Å². The fourth-order valence-electron chi connectivity index (χ4n) is 9.24. The second-order valence-corrected chi connectivity index (χ2v) is 22.0. The third-order valence-electron chi connectivity index (χ3n) is 14.2. The molecule has 6 atom stereocenters. The van der Waals surface area contributed by atoms with E-state index in [1.807, 2.05) is 12.2 Å². The summed E-state index contributed by atoms with van der Waals surface area (Å²) >= 11 is 0. The lowest BCUT2D eigenvalue weighted by Crippen LogP contribution is -2.61. The molecule has 3 N–H and O–H groups in total. The van der Waals surface area contributed by atoms with E-state index in [1.165, 1.54) is 77.0 Å². The van der Waals surface area contributed by atoms with E-state index in [-0.39, 0.29) is 25.9 Å². The van der Waals surface area contributed by atoms with Gasteiger partial charge in [-0.3, -0.25) is 14.4 Å². The molecule has 1 heterocycles. The molecule has 0 bridgehead atoms. The first-order valence-corrected chi connectivity index (χ1v) is 33.2. The molecule has 1 saturated heterocycles. The van der Waals surface area contributed by atoms with Gasteiger partial charge in [-0.2, -0.15) is 0 Å². The zero-order chi connectivity index (χ0) is 61.7. The van der Waals surface area contributed by atoms with Crippen molar-refractivity contribution in [1.29, 1.82) is 0 Å². The van der Waals surface area contributed by atoms with Crippen molar-refractivity contribution in [2.24, 2.45) is 0 Å². The lowest BCUT2D eigenvalue weighted by Gasteiger charge is -2.40. The second kappa shape index (κ2) is 59.2. The number of unbranched alkanes of at least 4 members (excludes halogenated alkanes) is 19. The molecule has 85 heavy (non-hydrogen) atoms. The number of carboxylic acids is 1. The molecule has 0 aromatic rings. The molecule has 0 amide bonds. The average Bonchev–Trinajstić information content (AvgIpc) is 3.46. The van der Waals surface area contributed by atoms with Crippen molar-refractivity contribution in [3.8, 4) is 0 Å². The summed E-state index contributed by atoms with van der Waals surface area (Å²) in [5.74, 6) is -3.28. The predicted octanol–water partition coefficient (Wildman–Crippen LogP) is 18.1. The van der Waals surface area contributed by atoms with Crippen molar-refractivity contribution in [2.45, 2.75) is 289 Å². The van der Waals surface area contributed by atoms with E-state index in [9.17, 15) is 34.5 Å². The van der Waals surface area contributed by atoms with Crippen molar-refractivity contribution >= 4 is 23.9 Å². The number of aliphatic hydroxyl groups is 2. The molecule has 12 heteroatoms. The van der Waals surface area contributed by atoms with Crippen LogP contribution < -0.4 is 0 Å². The minimum atomic E-state index is -1.92. The highest BCUT2D eigenvalue weighted by molar-refractivity contribution is 5.74. The summed E-state index contributed by atoms with van der Waals surface area (Å²) < 4.78 is 28.4. The average molecular weight is 1190 g/mol. The standard InChI is InChI=1S/C73H116O12/c1-4-7-10-13-16-19-22-25-28-31-33-36-38-41-44-47-50-53-56-59-65(74)81-62-64(83-66(75)60-57-54-51-48-45-42-40-37-34-32-29-26-23-20-17-14-11-8-5-2)63-82-73-71(69(78)68(77)70(85-73)72(79)80)84-67(76)61-58-55-52-49-46-43-39-35-30-27-24-21-18-15-12-9-6-3/h7-8,10-11,16-17,19-20,25-26,28-29,33-34,36-37,41-42,44-45,50,53,64,68-71,73,77-78H,4-6,9,12-15,18,21-24,27,30-32,35,38-40,43,46-49,51-52,54-63H2,1-3H3,(H,79,80)/b10-7-,11-8-,19-16-,20-17-,28-25-,29-26-,36-33-,37-34-,44-41-,45-42-,53-50-. The third-order valence-corrected chi connectivity index (χ3v) is 14.2. The van der Waals surface area contributed by atoms with E-state index in [2.05, 4.69) is 142 Å². The van der Waals surface area contributed by atoms with Crippen molar-refractivity contribution in [3.63, 3.8) is 0 Å². The van der Waals surface area contributed by atoms with Crippen molar-refractivity contribution < 1.29 is 58.2 Å². The Morgan fingerprint density at radius 2 is 0.765 bits per heavy atom. The van der Waals surface area contributed by atoms with Crippen LogP contribution in [0.15, 0.2) is 134 Å². The molecular formula is C73H116O12. The summed E-state index contributed by atoms with van der Waals surface area (Å²) in [6.07, 6.45) is 71.3. The first kappa shape index (κ1) is 77.9. The molecule has 12 nitrogen and oxygen atoms in total. The van der Waals surface area contributed by atoms with Gasteiger partial charge >= 0.3 is 23.9 Å². The van der Waals surface area contributed by atoms with Crippen LogP contribution in [-0.2, 0) is 42.9 Å². The molecule has 0 radical (unpaired) electrons. The minimum absolute atomic E-state index is 0.0457. The molecular weight excluding hydrogens is 1070 g/mol. The highest BCUT2D eigenvalue weighted by Gasteiger charge is 2.50. The fraction of sp³-hybridized carbons (Fsp3) is 0.644. The number of hydrogen-bond donors (Lipinski definition) is 3. The van der Waals surface area contributed by atoms with Gasteiger partial charge in [0, 0.05) is 19.3 Å². The van der Waals surface area contributed by atoms with Gasteiger partial charge in [-0.1, -0.05) is 264 Å². The molecule has 6 unspecified atom stereocenters. The molecule has 480 valence electrons. The van der Waals surface area contributed by atoms with Crippen LogP contribution in [-0.4, -0.2) is 89.2 Å². The number of carboxylic acid groups (broad SMARTS) is 1. The molecule has 1 aliphatic heterocycles. The smallest absolute Gasteiger partial charge is 0.335 e. The van der Waals surface area contributed by atoms with Gasteiger partial charge in [-0.05, 0) is 103 Å². The molecule has 0 saturated carbocycles. The van der Waals surface area contributed by atoms with Gasteiger partial charge in [0.15, 0.2) is 24.6 Å². The van der Waals surface area contributed by atoms with Crippen LogP contribution in [0.25, 0.3) is 0 Å². The van der Waals surface area contributed by atoms with Gasteiger partial charge in [0.05, 0.1) is 6.61 Å². The quantitative estimate of drug-likeness (QED) is 0.0228. The van der Waals surface area contributed by atoms with Crippen LogP contribution in [0.3, 0.4) is 0 Å². The molecule has 0 aromatic heterocycles. The van der Waals surface area contributed by atoms with Crippen molar-refractivity contribution in [1.82, 2.24) is 0 Å². The van der Waals surface area contributed by atoms with Crippen molar-refractivity contribution in [3.05, 3.63) is 134 Å². The molecule has 0 spiro atoms. The first-order valence-electron chi connectivity index (χ1n) is 33.2. The van der Waals surface area contributed by atoms with Crippen LogP contribution in [0.2, 0.25) is 0 Å². The van der Waals surface area contributed by atoms with Gasteiger partial charge in [0.25, 0.3) is 0 Å². The summed E-state index contributed by atoms with van der Waals surface area (Å²) in [5, 5.41) is 31.6. The summed E-state index contributed by atoms with van der Waals surface area (Å²) in [7, 11) is 0. The number of carbonyl (C=O) groups excluding carboxylic acids is 3. The third kappa shape index (κ3) is 48.6. The number of aliphatic carboxylic acids is 1. The Morgan fingerprint density at radius 1 is 0.400 bits per heavy atom. The minimum Gasteiger partial charge on any atom is -0.479 e. The maximum atomic E-state index is 13.2. The Labute approximate surface area is 515 Å². The number of rotatable bonds is 55. The van der Waals surface area contributed by atoms with Crippen LogP contribution in [0, 0.1) is 0 Å². The van der Waals surface area contributed by atoms with E-state index >= 15 is 0 Å². The van der Waals surface area contributed by atoms with E-state index < -0.39 is 67.3 Å². The first-order chi connectivity index (χ1) is 41.6. The Bertz CT molecular complexity index is 1990. The highest BCUT2D eigenvalue weighted by atomic mass is 16.7. The maximum Gasteiger partial charge on any atom is 0.335 e. The number of aliphatic hydroxyl groups excluding tert-OH is 2. The number of allylic oxidation sites excluding steroid dienone is 22. The zero-order valence-corrected chi connectivity index (χ0v) is 53.1. The number of ether oxygens (including phenoxy) is 5. The fourth-order valence-corrected chi connectivity index (χ4v) is 9.24. The van der Waals surface area contributed by atoms with Crippen molar-refractivity contribution in [2.75, 3.05) is 13.2 Å². The van der Waals surface area contributed by atoms with Gasteiger partial charge < -0.3 is 39.0 Å². The molecule has 0 aromatic carbocycles. The lowest BCUT2D eigenvalue weighted by atomic mass is 9.98. The Kier molecular flexibility index (Phi) is 54.2. The predicted molar refractivity (Wildman–Crippen MR) is 349 cm³/mol. The van der Waals surface area contributed by atoms with Gasteiger partial charge in [-0.25, -0.2) is 4.79 Å². The van der Waals surface area contributed by atoms with E-state index in [1.54, 1.807) is 0 Å². The van der Waals surface area contributed by atoms with Gasteiger partial charge in [0.1, 0.15) is 18.8 Å². The Hall–Kier alpha value is -5.14. The Balaban J connectivity index is 2.74. The number of carbonyl (C=O) groups is 4. The zero-order valence-electron chi connectivity index (χ0n) is 53.1. The SMILES string of the molecule is CC/C=C\C/C=C\C/C=C\C/C=C\C/C=C\C/C=C\CCC(=O)OCC(COC1OC(C(=O)O)C(O)C(O)C1OC(=O)CCCCCCCCCCCCCCCCCCC)OC(=O)CCCCC/C=C\C/C=C\C/C=C\C/C=C\C/C=C\CC. The summed E-state index contributed by atoms with van der Waals surface area (Å²) in [6.45, 7) is 5.69. The van der Waals surface area contributed by atoms with Crippen LogP contribution in [0.5, 0.6) is 0 Å². The lowest BCUT2D eigenvalue weighted by molar-refractivity contribution is -0.301. The summed E-state index contributed by atoms with van der Waals surface area (Å²) in [5.41, 5.74) is 0. The largest absolute Gasteiger partial charge is 0.479 e. The molecule has 1 aliphatic rings. The van der Waals surface area contributed by atoms with Gasteiger partial charge in [-0.15, -0.1) is 0 Å². The maximum absolute atomic E-state index is 13.2. The number of esters is 3. The van der Waals surface area contributed by atoms with E-state index in [0.29, 0.717) is 19.3 Å². The Morgan fingerprint density at radius 3 is 1.18 bits per heavy atom. The molecule has 0 aliphatic carbocycles. The normalized spacial score (nSPS) is 18.3. The van der Waals surface area contributed by atoms with Crippen LogP contribution in [0.4, 0.5) is 0 Å². The van der Waals surface area contributed by atoms with Crippen LogP contribution >= 0.6 is 0 Å². The summed E-state index contributed by atoms with van der Waals surface area (Å²) in [4.78, 5) is 51.4. The molecule has 1 rings (SSSR count). The van der Waals surface area contributed by atoms with Gasteiger partial charge in [0.2, 0.25) is 0 Å².